The number of methoxy groups -OCH3 is 1. The van der Waals surface area contributed by atoms with Crippen LogP contribution in [0.2, 0.25) is 0 Å². The number of aryl methyl sites for hydroxylation is 1. The maximum atomic E-state index is 5.54. The molecule has 3 rings (SSSR count). The van der Waals surface area contributed by atoms with Crippen molar-refractivity contribution in [2.24, 2.45) is 0 Å². The van der Waals surface area contributed by atoms with Crippen molar-refractivity contribution in [1.29, 1.82) is 0 Å². The van der Waals surface area contributed by atoms with E-state index in [0.29, 0.717) is 19.9 Å². The van der Waals surface area contributed by atoms with Crippen molar-refractivity contribution in [3.8, 4) is 11.5 Å². The Labute approximate surface area is 130 Å². The molecule has 2 heterocycles. The molecule has 0 spiro atoms. The SMILES string of the molecule is COCCn1nc(C)c(NCc2cccc3c2OCO3)c1C. The van der Waals surface area contributed by atoms with Crippen molar-refractivity contribution in [3.63, 3.8) is 0 Å². The Balaban J connectivity index is 1.74. The first-order valence-electron chi connectivity index (χ1n) is 7.35. The smallest absolute Gasteiger partial charge is 0.231 e. The zero-order valence-corrected chi connectivity index (χ0v) is 13.2. The Morgan fingerprint density at radius 1 is 1.32 bits per heavy atom. The Morgan fingerprint density at radius 2 is 2.18 bits per heavy atom. The minimum atomic E-state index is 0.291. The van der Waals surface area contributed by atoms with Gasteiger partial charge in [0.15, 0.2) is 11.5 Å². The number of aromatic nitrogens is 2. The number of benzene rings is 1. The Hall–Kier alpha value is -2.21. The largest absolute Gasteiger partial charge is 0.454 e. The maximum Gasteiger partial charge on any atom is 0.231 e. The Kier molecular flexibility index (Phi) is 4.20. The molecule has 6 heteroatoms. The van der Waals surface area contributed by atoms with Crippen LogP contribution in [0.5, 0.6) is 11.5 Å². The second-order valence-electron chi connectivity index (χ2n) is 5.27. The fourth-order valence-electron chi connectivity index (χ4n) is 2.66. The zero-order valence-electron chi connectivity index (χ0n) is 13.2. The molecule has 0 unspecified atom stereocenters. The van der Waals surface area contributed by atoms with Gasteiger partial charge in [0.05, 0.1) is 30.2 Å². The van der Waals surface area contributed by atoms with Crippen LogP contribution in [-0.4, -0.2) is 30.3 Å². The summed E-state index contributed by atoms with van der Waals surface area (Å²) in [5, 5.41) is 8.02. The molecule has 1 aromatic heterocycles. The summed E-state index contributed by atoms with van der Waals surface area (Å²) in [5.74, 6) is 1.64. The molecule has 1 aliphatic heterocycles. The molecule has 0 saturated carbocycles. The summed E-state index contributed by atoms with van der Waals surface area (Å²) >= 11 is 0. The number of nitrogens with one attached hydrogen (secondary N) is 1. The highest BCUT2D eigenvalue weighted by Gasteiger charge is 2.18. The van der Waals surface area contributed by atoms with Gasteiger partial charge < -0.3 is 19.5 Å². The lowest BCUT2D eigenvalue weighted by Gasteiger charge is -2.10. The monoisotopic (exact) mass is 303 g/mol. The summed E-state index contributed by atoms with van der Waals surface area (Å²) in [7, 11) is 1.70. The van der Waals surface area contributed by atoms with Gasteiger partial charge in [0, 0.05) is 19.2 Å². The number of hydrogen-bond acceptors (Lipinski definition) is 5. The first-order chi connectivity index (χ1) is 10.7. The average molecular weight is 303 g/mol. The van der Waals surface area contributed by atoms with Crippen LogP contribution in [0.25, 0.3) is 0 Å². The van der Waals surface area contributed by atoms with E-state index in [9.17, 15) is 0 Å². The van der Waals surface area contributed by atoms with Gasteiger partial charge >= 0.3 is 0 Å². The highest BCUT2D eigenvalue weighted by atomic mass is 16.7. The first-order valence-corrected chi connectivity index (χ1v) is 7.35. The van der Waals surface area contributed by atoms with Gasteiger partial charge in [0.1, 0.15) is 0 Å². The minimum absolute atomic E-state index is 0.291. The summed E-state index contributed by atoms with van der Waals surface area (Å²) in [6.45, 7) is 6.44. The van der Waals surface area contributed by atoms with E-state index in [0.717, 1.165) is 40.7 Å². The molecule has 22 heavy (non-hydrogen) atoms. The van der Waals surface area contributed by atoms with Crippen molar-refractivity contribution in [1.82, 2.24) is 9.78 Å². The molecule has 1 aromatic carbocycles. The van der Waals surface area contributed by atoms with Gasteiger partial charge in [-0.05, 0) is 19.9 Å². The second-order valence-corrected chi connectivity index (χ2v) is 5.27. The molecular formula is C16H21N3O3. The van der Waals surface area contributed by atoms with Crippen molar-refractivity contribution < 1.29 is 14.2 Å². The molecule has 0 bridgehead atoms. The van der Waals surface area contributed by atoms with Crippen LogP contribution in [0.1, 0.15) is 17.0 Å². The summed E-state index contributed by atoms with van der Waals surface area (Å²) in [5.41, 5.74) is 4.24. The molecular weight excluding hydrogens is 282 g/mol. The molecule has 0 aliphatic carbocycles. The molecule has 1 aliphatic rings. The topological polar surface area (TPSA) is 57.5 Å². The molecule has 1 N–H and O–H groups in total. The van der Waals surface area contributed by atoms with Crippen molar-refractivity contribution in [2.45, 2.75) is 26.9 Å². The maximum absolute atomic E-state index is 5.54. The van der Waals surface area contributed by atoms with Crippen LogP contribution in [0.15, 0.2) is 18.2 Å². The van der Waals surface area contributed by atoms with E-state index in [1.165, 1.54) is 0 Å². The lowest BCUT2D eigenvalue weighted by molar-refractivity contribution is 0.173. The summed E-state index contributed by atoms with van der Waals surface area (Å²) < 4.78 is 18.0. The number of fused-ring (bicyclic) bond motifs is 1. The molecule has 2 aromatic rings. The van der Waals surface area contributed by atoms with Crippen molar-refractivity contribution >= 4 is 5.69 Å². The number of para-hydroxylation sites is 1. The van der Waals surface area contributed by atoms with Gasteiger partial charge in [0.25, 0.3) is 0 Å². The average Bonchev–Trinajstić information content (AvgIpc) is 3.09. The summed E-state index contributed by atoms with van der Waals surface area (Å²) in [4.78, 5) is 0. The minimum Gasteiger partial charge on any atom is -0.454 e. The molecule has 0 saturated heterocycles. The number of anilines is 1. The van der Waals surface area contributed by atoms with Crippen LogP contribution in [0.4, 0.5) is 5.69 Å². The Morgan fingerprint density at radius 3 is 3.00 bits per heavy atom. The third kappa shape index (κ3) is 2.74. The van der Waals surface area contributed by atoms with Gasteiger partial charge in [-0.25, -0.2) is 0 Å². The third-order valence-electron chi connectivity index (χ3n) is 3.82. The summed E-state index contributed by atoms with van der Waals surface area (Å²) in [6.07, 6.45) is 0. The van der Waals surface area contributed by atoms with E-state index in [1.54, 1.807) is 7.11 Å². The lowest BCUT2D eigenvalue weighted by atomic mass is 10.2. The zero-order chi connectivity index (χ0) is 15.5. The van der Waals surface area contributed by atoms with Crippen LogP contribution >= 0.6 is 0 Å². The van der Waals surface area contributed by atoms with Crippen LogP contribution < -0.4 is 14.8 Å². The standard InChI is InChI=1S/C16H21N3O3/c1-11-15(12(2)19(18-11)7-8-20-3)17-9-13-5-4-6-14-16(13)22-10-21-14/h4-6,17H,7-10H2,1-3H3. The quantitative estimate of drug-likeness (QED) is 0.888. The van der Waals surface area contributed by atoms with Crippen LogP contribution in [-0.2, 0) is 17.8 Å². The van der Waals surface area contributed by atoms with Crippen molar-refractivity contribution in [3.05, 3.63) is 35.2 Å². The predicted octanol–water partition coefficient (Wildman–Crippen LogP) is 2.49. The van der Waals surface area contributed by atoms with Crippen molar-refractivity contribution in [2.75, 3.05) is 25.8 Å². The molecule has 118 valence electrons. The first kappa shape index (κ1) is 14.7. The second kappa shape index (κ2) is 6.27. The van der Waals surface area contributed by atoms with E-state index in [-0.39, 0.29) is 0 Å². The van der Waals surface area contributed by atoms with Gasteiger partial charge in [-0.1, -0.05) is 12.1 Å². The highest BCUT2D eigenvalue weighted by molar-refractivity contribution is 5.54. The number of rotatable bonds is 6. The van der Waals surface area contributed by atoms with Gasteiger partial charge in [0.2, 0.25) is 6.79 Å². The van der Waals surface area contributed by atoms with E-state index in [4.69, 9.17) is 14.2 Å². The third-order valence-corrected chi connectivity index (χ3v) is 3.82. The molecule has 0 atom stereocenters. The fraction of sp³-hybridized carbons (Fsp3) is 0.438. The van der Waals surface area contributed by atoms with E-state index in [1.807, 2.05) is 29.8 Å². The van der Waals surface area contributed by atoms with E-state index >= 15 is 0 Å². The molecule has 0 amide bonds. The molecule has 0 fully saturated rings. The van der Waals surface area contributed by atoms with Gasteiger partial charge in [-0.15, -0.1) is 0 Å². The van der Waals surface area contributed by atoms with Crippen LogP contribution in [0.3, 0.4) is 0 Å². The molecule has 6 nitrogen and oxygen atoms in total. The van der Waals surface area contributed by atoms with Gasteiger partial charge in [-0.3, -0.25) is 4.68 Å². The highest BCUT2D eigenvalue weighted by Crippen LogP contribution is 2.35. The number of ether oxygens (including phenoxy) is 3. The summed E-state index contributed by atoms with van der Waals surface area (Å²) in [6, 6.07) is 5.94. The predicted molar refractivity (Wildman–Crippen MR) is 83.5 cm³/mol. The van der Waals surface area contributed by atoms with E-state index in [2.05, 4.69) is 17.3 Å². The molecule has 0 radical (unpaired) electrons. The number of nitrogens with zero attached hydrogens (tertiary/aromatic N) is 2. The van der Waals surface area contributed by atoms with E-state index < -0.39 is 0 Å². The normalized spacial score (nSPS) is 12.7. The number of hydrogen-bond donors (Lipinski definition) is 1. The Bertz CT molecular complexity index is 667. The lowest BCUT2D eigenvalue weighted by Crippen LogP contribution is -2.08. The fourth-order valence-corrected chi connectivity index (χ4v) is 2.66. The van der Waals surface area contributed by atoms with Crippen LogP contribution in [0, 0.1) is 13.8 Å². The van der Waals surface area contributed by atoms with Gasteiger partial charge in [-0.2, -0.15) is 5.10 Å².